The van der Waals surface area contributed by atoms with Gasteiger partial charge in [0.1, 0.15) is 5.69 Å². The van der Waals surface area contributed by atoms with Gasteiger partial charge >= 0.3 is 0 Å². The quantitative estimate of drug-likeness (QED) is 0.444. The third kappa shape index (κ3) is 5.05. The molecule has 0 aliphatic carbocycles. The Morgan fingerprint density at radius 2 is 1.62 bits per heavy atom. The third-order valence-corrected chi connectivity index (χ3v) is 5.80. The SMILES string of the molecule is N#Cc1ccc(NCc2ccccc2CN2CCN(c3ccccc3)CC2)c([N+](=O)[O-])c1. The van der Waals surface area contributed by atoms with Crippen LogP contribution in [0.4, 0.5) is 17.1 Å². The summed E-state index contributed by atoms with van der Waals surface area (Å²) >= 11 is 0. The zero-order chi connectivity index (χ0) is 22.3. The molecular formula is C25H25N5O2. The van der Waals surface area contributed by atoms with Crippen LogP contribution in [0.25, 0.3) is 0 Å². The van der Waals surface area contributed by atoms with Crippen molar-refractivity contribution < 1.29 is 4.92 Å². The fourth-order valence-electron chi connectivity index (χ4n) is 4.02. The van der Waals surface area contributed by atoms with Crippen LogP contribution in [0.3, 0.4) is 0 Å². The maximum absolute atomic E-state index is 11.4. The maximum atomic E-state index is 11.4. The van der Waals surface area contributed by atoms with Crippen molar-refractivity contribution in [2.24, 2.45) is 0 Å². The third-order valence-electron chi connectivity index (χ3n) is 5.80. The Kier molecular flexibility index (Phi) is 6.63. The van der Waals surface area contributed by atoms with Crippen LogP contribution in [0.15, 0.2) is 72.8 Å². The number of nitro benzene ring substituents is 1. The molecule has 0 saturated carbocycles. The Morgan fingerprint density at radius 1 is 0.938 bits per heavy atom. The molecule has 1 aliphatic heterocycles. The predicted octanol–water partition coefficient (Wildman–Crippen LogP) is 4.40. The largest absolute Gasteiger partial charge is 0.375 e. The van der Waals surface area contributed by atoms with E-state index in [4.69, 9.17) is 5.26 Å². The lowest BCUT2D eigenvalue weighted by atomic mass is 10.1. The highest BCUT2D eigenvalue weighted by molar-refractivity contribution is 5.64. The molecule has 0 spiro atoms. The molecule has 32 heavy (non-hydrogen) atoms. The van der Waals surface area contributed by atoms with Gasteiger partial charge in [-0.15, -0.1) is 0 Å². The summed E-state index contributed by atoms with van der Waals surface area (Å²) in [6, 6.07) is 25.1. The lowest BCUT2D eigenvalue weighted by Crippen LogP contribution is -2.46. The number of rotatable bonds is 7. The van der Waals surface area contributed by atoms with Crippen LogP contribution >= 0.6 is 0 Å². The molecule has 1 fully saturated rings. The number of nitro groups is 1. The second kappa shape index (κ2) is 9.94. The van der Waals surface area contributed by atoms with E-state index in [9.17, 15) is 10.1 Å². The number of para-hydroxylation sites is 1. The van der Waals surface area contributed by atoms with Gasteiger partial charge in [-0.3, -0.25) is 15.0 Å². The average Bonchev–Trinajstić information content (AvgIpc) is 2.84. The molecule has 0 bridgehead atoms. The van der Waals surface area contributed by atoms with E-state index in [1.54, 1.807) is 12.1 Å². The summed E-state index contributed by atoms with van der Waals surface area (Å²) in [5, 5.41) is 23.6. The molecule has 0 aromatic heterocycles. The van der Waals surface area contributed by atoms with E-state index in [0.717, 1.165) is 38.3 Å². The van der Waals surface area contributed by atoms with E-state index in [0.29, 0.717) is 12.2 Å². The van der Waals surface area contributed by atoms with Gasteiger partial charge in [0.15, 0.2) is 0 Å². The minimum Gasteiger partial charge on any atom is -0.375 e. The first kappa shape index (κ1) is 21.3. The number of hydrogen-bond acceptors (Lipinski definition) is 6. The minimum atomic E-state index is -0.457. The molecule has 0 radical (unpaired) electrons. The topological polar surface area (TPSA) is 85.4 Å². The summed E-state index contributed by atoms with van der Waals surface area (Å²) in [6.07, 6.45) is 0. The van der Waals surface area contributed by atoms with Crippen molar-refractivity contribution >= 4 is 17.1 Å². The van der Waals surface area contributed by atoms with Gasteiger partial charge in [-0.2, -0.15) is 5.26 Å². The summed E-state index contributed by atoms with van der Waals surface area (Å²) in [7, 11) is 0. The zero-order valence-electron chi connectivity index (χ0n) is 17.8. The fraction of sp³-hybridized carbons (Fsp3) is 0.240. The predicted molar refractivity (Wildman–Crippen MR) is 126 cm³/mol. The molecule has 1 saturated heterocycles. The zero-order valence-corrected chi connectivity index (χ0v) is 17.8. The fourth-order valence-corrected chi connectivity index (χ4v) is 4.02. The molecule has 1 aliphatic rings. The number of benzene rings is 3. The van der Waals surface area contributed by atoms with Gasteiger partial charge in [0.05, 0.1) is 16.6 Å². The molecule has 1 heterocycles. The minimum absolute atomic E-state index is 0.0847. The summed E-state index contributed by atoms with van der Waals surface area (Å²) in [5.41, 5.74) is 4.19. The number of anilines is 2. The van der Waals surface area contributed by atoms with Crippen LogP contribution in [0.2, 0.25) is 0 Å². The van der Waals surface area contributed by atoms with Crippen molar-refractivity contribution in [3.05, 3.63) is 99.6 Å². The van der Waals surface area contributed by atoms with Gasteiger partial charge in [-0.1, -0.05) is 42.5 Å². The average molecular weight is 428 g/mol. The van der Waals surface area contributed by atoms with Crippen molar-refractivity contribution in [3.63, 3.8) is 0 Å². The first-order chi connectivity index (χ1) is 15.6. The van der Waals surface area contributed by atoms with E-state index >= 15 is 0 Å². The van der Waals surface area contributed by atoms with E-state index in [1.165, 1.54) is 17.3 Å². The number of piperazine rings is 1. The Bertz CT molecular complexity index is 1120. The van der Waals surface area contributed by atoms with Gasteiger partial charge in [0.2, 0.25) is 0 Å². The summed E-state index contributed by atoms with van der Waals surface area (Å²) in [6.45, 7) is 5.27. The Hall–Kier alpha value is -3.89. The first-order valence-electron chi connectivity index (χ1n) is 10.7. The highest BCUT2D eigenvalue weighted by Crippen LogP contribution is 2.26. The molecule has 7 nitrogen and oxygen atoms in total. The molecule has 0 unspecified atom stereocenters. The maximum Gasteiger partial charge on any atom is 0.293 e. The van der Waals surface area contributed by atoms with Crippen molar-refractivity contribution in [1.29, 1.82) is 5.26 Å². The number of nitrogens with zero attached hydrogens (tertiary/aromatic N) is 4. The molecule has 3 aromatic rings. The van der Waals surface area contributed by atoms with Crippen molar-refractivity contribution in [2.45, 2.75) is 13.1 Å². The first-order valence-corrected chi connectivity index (χ1v) is 10.7. The van der Waals surface area contributed by atoms with Crippen LogP contribution in [0, 0.1) is 21.4 Å². The smallest absolute Gasteiger partial charge is 0.293 e. The Balaban J connectivity index is 1.40. The van der Waals surface area contributed by atoms with Crippen LogP contribution in [0.1, 0.15) is 16.7 Å². The van der Waals surface area contributed by atoms with Crippen LogP contribution in [0.5, 0.6) is 0 Å². The molecule has 0 amide bonds. The lowest BCUT2D eigenvalue weighted by molar-refractivity contribution is -0.384. The van der Waals surface area contributed by atoms with Gasteiger partial charge in [-0.25, -0.2) is 0 Å². The van der Waals surface area contributed by atoms with Crippen LogP contribution in [-0.4, -0.2) is 36.0 Å². The number of nitrogens with one attached hydrogen (secondary N) is 1. The Morgan fingerprint density at radius 3 is 2.31 bits per heavy atom. The molecule has 1 N–H and O–H groups in total. The van der Waals surface area contributed by atoms with Crippen molar-refractivity contribution in [1.82, 2.24) is 4.90 Å². The van der Waals surface area contributed by atoms with Crippen LogP contribution < -0.4 is 10.2 Å². The molecule has 7 heteroatoms. The number of nitriles is 1. The van der Waals surface area contributed by atoms with E-state index in [1.807, 2.05) is 24.3 Å². The highest BCUT2D eigenvalue weighted by atomic mass is 16.6. The van der Waals surface area contributed by atoms with E-state index in [2.05, 4.69) is 51.5 Å². The van der Waals surface area contributed by atoms with Gasteiger partial charge in [-0.05, 0) is 35.4 Å². The molecule has 3 aromatic carbocycles. The number of hydrogen-bond donors (Lipinski definition) is 1. The monoisotopic (exact) mass is 427 g/mol. The molecule has 0 atom stereocenters. The van der Waals surface area contributed by atoms with Gasteiger partial charge < -0.3 is 10.2 Å². The molecule has 4 rings (SSSR count). The highest BCUT2D eigenvalue weighted by Gasteiger charge is 2.19. The van der Waals surface area contributed by atoms with E-state index in [-0.39, 0.29) is 11.3 Å². The second-order valence-corrected chi connectivity index (χ2v) is 7.82. The van der Waals surface area contributed by atoms with Crippen molar-refractivity contribution in [3.8, 4) is 6.07 Å². The van der Waals surface area contributed by atoms with Gasteiger partial charge in [0.25, 0.3) is 5.69 Å². The van der Waals surface area contributed by atoms with E-state index < -0.39 is 4.92 Å². The molecule has 162 valence electrons. The van der Waals surface area contributed by atoms with Gasteiger partial charge in [0, 0.05) is 51.0 Å². The summed E-state index contributed by atoms with van der Waals surface area (Å²) < 4.78 is 0. The normalized spacial score (nSPS) is 14.0. The summed E-state index contributed by atoms with van der Waals surface area (Å²) in [4.78, 5) is 15.8. The standard InChI is InChI=1S/C25H25N5O2/c26-17-20-10-11-24(25(16-20)30(31)32)27-18-21-6-4-5-7-22(21)19-28-12-14-29(15-13-28)23-8-2-1-3-9-23/h1-11,16,27H,12-15,18-19H2. The van der Waals surface area contributed by atoms with Crippen LogP contribution in [-0.2, 0) is 13.1 Å². The summed E-state index contributed by atoms with van der Waals surface area (Å²) in [5.74, 6) is 0. The molecular weight excluding hydrogens is 402 g/mol. The lowest BCUT2D eigenvalue weighted by Gasteiger charge is -2.36. The van der Waals surface area contributed by atoms with Crippen molar-refractivity contribution in [2.75, 3.05) is 36.4 Å². The Labute approximate surface area is 187 Å². The second-order valence-electron chi connectivity index (χ2n) is 7.82.